The fraction of sp³-hybridized carbons (Fsp3) is 0.667. The van der Waals surface area contributed by atoms with Crippen molar-refractivity contribution in [2.45, 2.75) is 63.3 Å². The van der Waals surface area contributed by atoms with Crippen molar-refractivity contribution >= 4 is 16.0 Å². The van der Waals surface area contributed by atoms with E-state index in [1.165, 1.54) is 10.7 Å². The largest absolute Gasteiger partial charge is 0.466 e. The number of hydrogen-bond donors (Lipinski definition) is 0. The second kappa shape index (κ2) is 10.9. The number of sulfonamides is 1. The summed E-state index contributed by atoms with van der Waals surface area (Å²) < 4.78 is 32.6. The summed E-state index contributed by atoms with van der Waals surface area (Å²) in [7, 11) is -2.00. The van der Waals surface area contributed by atoms with Gasteiger partial charge in [0, 0.05) is 19.6 Å². The van der Waals surface area contributed by atoms with E-state index in [1.54, 1.807) is 31.3 Å². The number of piperidine rings is 1. The van der Waals surface area contributed by atoms with Crippen LogP contribution in [0.1, 0.15) is 51.0 Å². The fourth-order valence-electron chi connectivity index (χ4n) is 3.46. The lowest BCUT2D eigenvalue weighted by Gasteiger charge is -2.36. The van der Waals surface area contributed by atoms with E-state index >= 15 is 0 Å². The quantitative estimate of drug-likeness (QED) is 0.438. The van der Waals surface area contributed by atoms with Gasteiger partial charge in [0.25, 0.3) is 0 Å². The molecule has 1 heterocycles. The third-order valence-corrected chi connectivity index (χ3v) is 7.10. The maximum absolute atomic E-state index is 12.9. The van der Waals surface area contributed by atoms with Crippen molar-refractivity contribution in [2.24, 2.45) is 0 Å². The molecule has 7 heteroatoms. The molecule has 0 aromatic heterocycles. The zero-order valence-electron chi connectivity index (χ0n) is 17.4. The average Bonchev–Trinajstić information content (AvgIpc) is 2.68. The molecule has 1 aliphatic heterocycles. The summed E-state index contributed by atoms with van der Waals surface area (Å²) in [6.07, 6.45) is 5.38. The molecule has 1 aromatic rings. The highest BCUT2D eigenvalue weighted by molar-refractivity contribution is 7.89. The number of likely N-dealkylation sites (N-methyl/N-ethyl adjacent to an activating group) is 1. The van der Waals surface area contributed by atoms with Gasteiger partial charge in [0.2, 0.25) is 10.0 Å². The zero-order valence-corrected chi connectivity index (χ0v) is 18.2. The summed E-state index contributed by atoms with van der Waals surface area (Å²) in [6, 6.07) is 6.70. The third-order valence-electron chi connectivity index (χ3n) is 5.27. The van der Waals surface area contributed by atoms with Gasteiger partial charge in [-0.05, 0) is 51.4 Å². The predicted octanol–water partition coefficient (Wildman–Crippen LogP) is 3.20. The van der Waals surface area contributed by atoms with Gasteiger partial charge in [0.1, 0.15) is 0 Å². The maximum Gasteiger partial charge on any atom is 0.307 e. The second-order valence-corrected chi connectivity index (χ2v) is 9.67. The molecule has 1 fully saturated rings. The van der Waals surface area contributed by atoms with Crippen LogP contribution >= 0.6 is 0 Å². The number of likely N-dealkylation sites (tertiary alicyclic amines) is 1. The van der Waals surface area contributed by atoms with Crippen LogP contribution < -0.4 is 0 Å². The molecule has 0 saturated carbocycles. The Bertz CT molecular complexity index is 712. The maximum atomic E-state index is 12.9. The minimum Gasteiger partial charge on any atom is -0.466 e. The number of hydrogen-bond acceptors (Lipinski definition) is 5. The van der Waals surface area contributed by atoms with E-state index in [2.05, 4.69) is 11.8 Å². The van der Waals surface area contributed by atoms with E-state index in [-0.39, 0.29) is 29.9 Å². The van der Waals surface area contributed by atoms with Gasteiger partial charge in [-0.15, -0.1) is 0 Å². The highest BCUT2D eigenvalue weighted by Gasteiger charge is 2.29. The number of ether oxygens (including phenoxy) is 1. The predicted molar refractivity (Wildman–Crippen MR) is 111 cm³/mol. The number of aryl methyl sites for hydroxylation is 1. The molecule has 0 N–H and O–H groups in total. The monoisotopic (exact) mass is 410 g/mol. The molecule has 0 bridgehead atoms. The SMILES string of the molecule is CCCCOC(=O)CC(CN(C)S(=O)(=O)c1ccc(C)cc1)N1CCCCC1. The summed E-state index contributed by atoms with van der Waals surface area (Å²) in [4.78, 5) is 14.8. The van der Waals surface area contributed by atoms with E-state index in [9.17, 15) is 13.2 Å². The average molecular weight is 411 g/mol. The Morgan fingerprint density at radius 3 is 2.43 bits per heavy atom. The Hall–Kier alpha value is -1.44. The van der Waals surface area contributed by atoms with Crippen molar-refractivity contribution in [3.63, 3.8) is 0 Å². The molecule has 1 aromatic carbocycles. The molecule has 2 rings (SSSR count). The lowest BCUT2D eigenvalue weighted by molar-refractivity contribution is -0.145. The number of carbonyl (C=O) groups is 1. The molecule has 0 radical (unpaired) electrons. The topological polar surface area (TPSA) is 66.9 Å². The molecular weight excluding hydrogens is 376 g/mol. The van der Waals surface area contributed by atoms with Crippen molar-refractivity contribution in [2.75, 3.05) is 33.3 Å². The lowest BCUT2D eigenvalue weighted by Crippen LogP contribution is -2.47. The van der Waals surface area contributed by atoms with Crippen molar-refractivity contribution in [3.8, 4) is 0 Å². The van der Waals surface area contributed by atoms with Crippen LogP contribution in [0, 0.1) is 6.92 Å². The molecule has 158 valence electrons. The summed E-state index contributed by atoms with van der Waals surface area (Å²) in [6.45, 7) is 6.47. The van der Waals surface area contributed by atoms with E-state index in [4.69, 9.17) is 4.74 Å². The molecule has 1 atom stereocenters. The smallest absolute Gasteiger partial charge is 0.307 e. The molecule has 0 spiro atoms. The van der Waals surface area contributed by atoms with Gasteiger partial charge in [-0.3, -0.25) is 9.69 Å². The van der Waals surface area contributed by atoms with Gasteiger partial charge in [-0.2, -0.15) is 4.31 Å². The molecule has 0 aliphatic carbocycles. The standard InChI is InChI=1S/C21H34N2O4S/c1-4-5-15-27-21(24)16-19(23-13-7-6-8-14-23)17-22(3)28(25,26)20-11-9-18(2)10-12-20/h9-12,19H,4-8,13-17H2,1-3H3. The fourth-order valence-corrected chi connectivity index (χ4v) is 4.67. The van der Waals surface area contributed by atoms with Crippen LogP contribution in [0.3, 0.4) is 0 Å². The van der Waals surface area contributed by atoms with Crippen molar-refractivity contribution in [1.82, 2.24) is 9.21 Å². The lowest BCUT2D eigenvalue weighted by atomic mass is 10.1. The summed E-state index contributed by atoms with van der Waals surface area (Å²) in [5.41, 5.74) is 1.02. The highest BCUT2D eigenvalue weighted by atomic mass is 32.2. The first kappa shape index (κ1) is 22.8. The van der Waals surface area contributed by atoms with Crippen LogP contribution in [0.4, 0.5) is 0 Å². The summed E-state index contributed by atoms with van der Waals surface area (Å²) in [5.74, 6) is -0.245. The van der Waals surface area contributed by atoms with Crippen LogP contribution in [0.25, 0.3) is 0 Å². The van der Waals surface area contributed by atoms with Crippen LogP contribution in [-0.4, -0.2) is 62.9 Å². The zero-order chi connectivity index (χ0) is 20.6. The minimum absolute atomic E-state index is 0.167. The van der Waals surface area contributed by atoms with Crippen LogP contribution in [0.2, 0.25) is 0 Å². The Morgan fingerprint density at radius 1 is 1.18 bits per heavy atom. The van der Waals surface area contributed by atoms with Gasteiger partial charge in [0.05, 0.1) is 17.9 Å². The Labute approximate surface area is 169 Å². The molecule has 28 heavy (non-hydrogen) atoms. The van der Waals surface area contributed by atoms with Crippen molar-refractivity contribution < 1.29 is 17.9 Å². The van der Waals surface area contributed by atoms with Crippen LogP contribution in [0.15, 0.2) is 29.2 Å². The molecule has 0 amide bonds. The van der Waals surface area contributed by atoms with E-state index in [0.29, 0.717) is 6.61 Å². The van der Waals surface area contributed by atoms with Gasteiger partial charge < -0.3 is 4.74 Å². The van der Waals surface area contributed by atoms with Gasteiger partial charge >= 0.3 is 5.97 Å². The normalized spacial score (nSPS) is 16.9. The van der Waals surface area contributed by atoms with Gasteiger partial charge in [0.15, 0.2) is 0 Å². The van der Waals surface area contributed by atoms with Crippen molar-refractivity contribution in [1.29, 1.82) is 0 Å². The van der Waals surface area contributed by atoms with Crippen LogP contribution in [0.5, 0.6) is 0 Å². The number of nitrogens with zero attached hydrogens (tertiary/aromatic N) is 2. The number of unbranched alkanes of at least 4 members (excludes halogenated alkanes) is 1. The van der Waals surface area contributed by atoms with Crippen LogP contribution in [-0.2, 0) is 19.6 Å². The summed E-state index contributed by atoms with van der Waals surface area (Å²) >= 11 is 0. The van der Waals surface area contributed by atoms with E-state index < -0.39 is 10.0 Å². The Morgan fingerprint density at radius 2 is 1.82 bits per heavy atom. The number of benzene rings is 1. The van der Waals surface area contributed by atoms with E-state index in [0.717, 1.165) is 44.3 Å². The minimum atomic E-state index is -3.59. The second-order valence-electron chi connectivity index (χ2n) is 7.63. The highest BCUT2D eigenvalue weighted by Crippen LogP contribution is 2.20. The molecule has 1 aliphatic rings. The van der Waals surface area contributed by atoms with Gasteiger partial charge in [-0.25, -0.2) is 8.42 Å². The number of rotatable bonds is 10. The first-order valence-electron chi connectivity index (χ1n) is 10.3. The molecule has 1 saturated heterocycles. The van der Waals surface area contributed by atoms with Crippen molar-refractivity contribution in [3.05, 3.63) is 29.8 Å². The Balaban J connectivity index is 2.08. The third kappa shape index (κ3) is 6.57. The number of carbonyl (C=O) groups excluding carboxylic acids is 1. The summed E-state index contributed by atoms with van der Waals surface area (Å²) in [5, 5.41) is 0. The number of esters is 1. The molecular formula is C21H34N2O4S. The first-order chi connectivity index (χ1) is 13.3. The van der Waals surface area contributed by atoms with E-state index in [1.807, 2.05) is 6.92 Å². The van der Waals surface area contributed by atoms with Gasteiger partial charge in [-0.1, -0.05) is 37.5 Å². The first-order valence-corrected chi connectivity index (χ1v) is 11.7. The molecule has 6 nitrogen and oxygen atoms in total. The molecule has 1 unspecified atom stereocenters. The Kier molecular flexibility index (Phi) is 8.92.